The van der Waals surface area contributed by atoms with Gasteiger partial charge in [-0.1, -0.05) is 32.6 Å². The molecule has 0 spiro atoms. The first-order chi connectivity index (χ1) is 8.83. The molecule has 0 aliphatic heterocycles. The van der Waals surface area contributed by atoms with Crippen LogP contribution in [0.25, 0.3) is 0 Å². The number of hydrogen-bond acceptors (Lipinski definition) is 1. The van der Waals surface area contributed by atoms with Crippen molar-refractivity contribution in [1.82, 2.24) is 0 Å². The van der Waals surface area contributed by atoms with Crippen LogP contribution in [0, 0.1) is 17.8 Å². The Hall–Kier alpha value is -0.0400. The van der Waals surface area contributed by atoms with Crippen LogP contribution in [0.15, 0.2) is 0 Å². The van der Waals surface area contributed by atoms with Gasteiger partial charge in [0.15, 0.2) is 0 Å². The van der Waals surface area contributed by atoms with Crippen molar-refractivity contribution >= 4 is 0 Å². The molecule has 2 aliphatic rings. The van der Waals surface area contributed by atoms with Crippen LogP contribution in [-0.2, 0) is 4.74 Å². The van der Waals surface area contributed by atoms with Crippen LogP contribution >= 0.6 is 0 Å². The van der Waals surface area contributed by atoms with Gasteiger partial charge in [-0.2, -0.15) is 0 Å². The van der Waals surface area contributed by atoms with Gasteiger partial charge in [0.1, 0.15) is 0 Å². The zero-order chi connectivity index (χ0) is 12.8. The summed E-state index contributed by atoms with van der Waals surface area (Å²) in [5.74, 6) is 3.15. The largest absolute Gasteiger partial charge is 0.379 e. The first-order valence-electron chi connectivity index (χ1n) is 8.45. The van der Waals surface area contributed by atoms with Crippen LogP contribution in [0.1, 0.15) is 78.1 Å². The third-order valence-electron chi connectivity index (χ3n) is 5.38. The molecule has 0 amide bonds. The topological polar surface area (TPSA) is 9.23 Å². The van der Waals surface area contributed by atoms with Crippen LogP contribution in [0.4, 0.5) is 0 Å². The second kappa shape index (κ2) is 7.53. The lowest BCUT2D eigenvalue weighted by Crippen LogP contribution is -2.28. The van der Waals surface area contributed by atoms with Crippen molar-refractivity contribution in [3.63, 3.8) is 0 Å². The minimum absolute atomic E-state index is 0.586. The molecule has 0 atom stereocenters. The van der Waals surface area contributed by atoms with E-state index in [2.05, 4.69) is 13.8 Å². The second-order valence-corrected chi connectivity index (χ2v) is 6.56. The lowest BCUT2D eigenvalue weighted by atomic mass is 9.70. The fourth-order valence-electron chi connectivity index (χ4n) is 4.32. The van der Waals surface area contributed by atoms with E-state index < -0.39 is 0 Å². The molecule has 2 rings (SSSR count). The normalized spacial score (nSPS) is 37.7. The van der Waals surface area contributed by atoms with Crippen LogP contribution in [0.3, 0.4) is 0 Å². The van der Waals surface area contributed by atoms with E-state index in [1.807, 2.05) is 0 Å². The molecule has 0 aromatic rings. The molecule has 0 radical (unpaired) electrons. The van der Waals surface area contributed by atoms with Gasteiger partial charge in [0.05, 0.1) is 6.10 Å². The van der Waals surface area contributed by atoms with Gasteiger partial charge in [-0.15, -0.1) is 0 Å². The highest BCUT2D eigenvalue weighted by atomic mass is 16.5. The van der Waals surface area contributed by atoms with Gasteiger partial charge >= 0.3 is 0 Å². The van der Waals surface area contributed by atoms with Gasteiger partial charge in [-0.25, -0.2) is 0 Å². The van der Waals surface area contributed by atoms with Gasteiger partial charge < -0.3 is 4.74 Å². The number of rotatable bonds is 5. The molecule has 2 fully saturated rings. The molecular formula is C17H32O. The standard InChI is InChI=1S/C17H32O/c1-3-5-14-6-8-15(9-7-14)16-10-12-17(13-11-16)18-4-2/h14-17H,3-13H2,1-2H3/t14-,15-,16-,17-. The number of hydrogen-bond donors (Lipinski definition) is 0. The molecule has 0 saturated heterocycles. The summed E-state index contributed by atoms with van der Waals surface area (Å²) < 4.78 is 5.77. The van der Waals surface area contributed by atoms with Crippen molar-refractivity contribution in [3.8, 4) is 0 Å². The molecule has 0 bridgehead atoms. The summed E-state index contributed by atoms with van der Waals surface area (Å²) in [5.41, 5.74) is 0. The minimum Gasteiger partial charge on any atom is -0.379 e. The molecule has 0 aromatic heterocycles. The van der Waals surface area contributed by atoms with Crippen molar-refractivity contribution in [2.45, 2.75) is 84.2 Å². The SMILES string of the molecule is CCC[C@H]1CC[C@H]([C@H]2CC[C@H](OCC)CC2)CC1. The molecule has 0 aromatic carbocycles. The van der Waals surface area contributed by atoms with E-state index in [-0.39, 0.29) is 0 Å². The first-order valence-corrected chi connectivity index (χ1v) is 8.45. The van der Waals surface area contributed by atoms with Crippen molar-refractivity contribution in [3.05, 3.63) is 0 Å². The molecular weight excluding hydrogens is 220 g/mol. The van der Waals surface area contributed by atoms with Crippen LogP contribution in [0.2, 0.25) is 0 Å². The van der Waals surface area contributed by atoms with Gasteiger partial charge in [0.25, 0.3) is 0 Å². The third kappa shape index (κ3) is 3.98. The zero-order valence-electron chi connectivity index (χ0n) is 12.5. The highest BCUT2D eigenvalue weighted by Gasteiger charge is 2.30. The van der Waals surface area contributed by atoms with Crippen LogP contribution < -0.4 is 0 Å². The average molecular weight is 252 g/mol. The summed E-state index contributed by atoms with van der Waals surface area (Å²) in [4.78, 5) is 0. The Morgan fingerprint density at radius 1 is 0.778 bits per heavy atom. The Labute approximate surface area is 114 Å². The first kappa shape index (κ1) is 14.4. The van der Waals surface area contributed by atoms with E-state index in [4.69, 9.17) is 4.74 Å². The van der Waals surface area contributed by atoms with Crippen molar-refractivity contribution in [2.24, 2.45) is 17.8 Å². The maximum absolute atomic E-state index is 5.77. The Bertz CT molecular complexity index is 186. The summed E-state index contributed by atoms with van der Waals surface area (Å²) in [6.45, 7) is 5.36. The van der Waals surface area contributed by atoms with Gasteiger partial charge in [-0.3, -0.25) is 0 Å². The molecule has 2 aliphatic carbocycles. The molecule has 0 unspecified atom stereocenters. The summed E-state index contributed by atoms with van der Waals surface area (Å²) in [6, 6.07) is 0. The van der Waals surface area contributed by atoms with E-state index >= 15 is 0 Å². The summed E-state index contributed by atoms with van der Waals surface area (Å²) in [5, 5.41) is 0. The lowest BCUT2D eigenvalue weighted by molar-refractivity contribution is 0.0135. The van der Waals surface area contributed by atoms with E-state index in [1.54, 1.807) is 0 Å². The summed E-state index contributed by atoms with van der Waals surface area (Å²) in [6.07, 6.45) is 15.1. The molecule has 1 heteroatoms. The predicted molar refractivity (Wildman–Crippen MR) is 77.7 cm³/mol. The molecule has 1 nitrogen and oxygen atoms in total. The quantitative estimate of drug-likeness (QED) is 0.654. The Kier molecular flexibility index (Phi) is 6.01. The highest BCUT2D eigenvalue weighted by Crippen LogP contribution is 2.41. The van der Waals surface area contributed by atoms with Crippen molar-refractivity contribution in [1.29, 1.82) is 0 Å². The van der Waals surface area contributed by atoms with Gasteiger partial charge in [0, 0.05) is 6.61 Å². The Morgan fingerprint density at radius 3 is 1.83 bits per heavy atom. The monoisotopic (exact) mass is 252 g/mol. The molecule has 106 valence electrons. The second-order valence-electron chi connectivity index (χ2n) is 6.56. The van der Waals surface area contributed by atoms with Crippen LogP contribution in [-0.4, -0.2) is 12.7 Å². The zero-order valence-corrected chi connectivity index (χ0v) is 12.5. The Morgan fingerprint density at radius 2 is 1.33 bits per heavy atom. The van der Waals surface area contributed by atoms with E-state index in [0.717, 1.165) is 24.4 Å². The molecule has 18 heavy (non-hydrogen) atoms. The minimum atomic E-state index is 0.586. The molecule has 0 N–H and O–H groups in total. The highest BCUT2D eigenvalue weighted by molar-refractivity contribution is 4.82. The van der Waals surface area contributed by atoms with Crippen molar-refractivity contribution in [2.75, 3.05) is 6.61 Å². The smallest absolute Gasteiger partial charge is 0.0575 e. The van der Waals surface area contributed by atoms with E-state index in [1.165, 1.54) is 64.2 Å². The predicted octanol–water partition coefficient (Wildman–Crippen LogP) is 5.19. The van der Waals surface area contributed by atoms with E-state index in [9.17, 15) is 0 Å². The fraction of sp³-hybridized carbons (Fsp3) is 1.00. The number of ether oxygens (including phenoxy) is 1. The maximum Gasteiger partial charge on any atom is 0.0575 e. The average Bonchev–Trinajstić information content (AvgIpc) is 2.41. The van der Waals surface area contributed by atoms with Crippen LogP contribution in [0.5, 0.6) is 0 Å². The summed E-state index contributed by atoms with van der Waals surface area (Å²) in [7, 11) is 0. The van der Waals surface area contributed by atoms with Crippen molar-refractivity contribution < 1.29 is 4.74 Å². The van der Waals surface area contributed by atoms with Gasteiger partial charge in [-0.05, 0) is 63.2 Å². The third-order valence-corrected chi connectivity index (χ3v) is 5.38. The molecule has 0 heterocycles. The fourth-order valence-corrected chi connectivity index (χ4v) is 4.32. The molecule has 2 saturated carbocycles. The Balaban J connectivity index is 1.68. The van der Waals surface area contributed by atoms with E-state index in [0.29, 0.717) is 6.10 Å². The summed E-state index contributed by atoms with van der Waals surface area (Å²) >= 11 is 0. The maximum atomic E-state index is 5.77. The lowest BCUT2D eigenvalue weighted by Gasteiger charge is -2.37. The van der Waals surface area contributed by atoms with Gasteiger partial charge in [0.2, 0.25) is 0 Å².